The summed E-state index contributed by atoms with van der Waals surface area (Å²) in [6, 6.07) is 0. The van der Waals surface area contributed by atoms with Gasteiger partial charge < -0.3 is 9.47 Å². The van der Waals surface area contributed by atoms with Crippen molar-refractivity contribution in [1.29, 1.82) is 0 Å². The van der Waals surface area contributed by atoms with Crippen molar-refractivity contribution in [3.63, 3.8) is 0 Å². The number of fused-ring (bicyclic) bond motifs is 1. The van der Waals surface area contributed by atoms with Crippen LogP contribution >= 0.6 is 0 Å². The smallest absolute Gasteiger partial charge is 0.333 e. The number of allylic oxidation sites excluding steroid dienone is 2. The van der Waals surface area contributed by atoms with Crippen LogP contribution in [0.1, 0.15) is 59.8 Å². The SMILES string of the molecule is CO[C@H]1OC(=O)C=C1CC[C@@]1(C)[C@H](C)CC[C@@]2(C)C(C)=C(C=O)C[C@H]12. The number of ether oxygens (including phenoxy) is 2. The minimum atomic E-state index is -0.532. The molecule has 0 bridgehead atoms. The average molecular weight is 346 g/mol. The molecule has 0 spiro atoms. The zero-order chi connectivity index (χ0) is 18.4. The van der Waals surface area contributed by atoms with E-state index < -0.39 is 6.29 Å². The van der Waals surface area contributed by atoms with E-state index in [0.717, 1.165) is 43.1 Å². The Morgan fingerprint density at radius 3 is 2.76 bits per heavy atom. The summed E-state index contributed by atoms with van der Waals surface area (Å²) in [5.74, 6) is 0.753. The largest absolute Gasteiger partial charge is 0.428 e. The number of hydrogen-bond acceptors (Lipinski definition) is 4. The van der Waals surface area contributed by atoms with Crippen molar-refractivity contribution in [2.24, 2.45) is 22.7 Å². The Labute approximate surface area is 150 Å². The molecular weight excluding hydrogens is 316 g/mol. The zero-order valence-electron chi connectivity index (χ0n) is 16.1. The number of carbonyl (C=O) groups is 2. The fraction of sp³-hybridized carbons (Fsp3) is 0.714. The van der Waals surface area contributed by atoms with Crippen LogP contribution in [0.2, 0.25) is 0 Å². The van der Waals surface area contributed by atoms with E-state index in [1.165, 1.54) is 12.0 Å². The molecule has 1 heterocycles. The van der Waals surface area contributed by atoms with Crippen molar-refractivity contribution in [2.45, 2.75) is 66.1 Å². The molecule has 25 heavy (non-hydrogen) atoms. The summed E-state index contributed by atoms with van der Waals surface area (Å²) in [4.78, 5) is 23.1. The Hall–Kier alpha value is -1.42. The van der Waals surface area contributed by atoms with E-state index in [1.54, 1.807) is 13.2 Å². The predicted molar refractivity (Wildman–Crippen MR) is 95.7 cm³/mol. The molecule has 0 aromatic carbocycles. The maximum atomic E-state index is 11.6. The summed E-state index contributed by atoms with van der Waals surface area (Å²) in [5, 5.41) is 0. The predicted octanol–water partition coefficient (Wildman–Crippen LogP) is 4.20. The summed E-state index contributed by atoms with van der Waals surface area (Å²) in [6.45, 7) is 9.20. The molecule has 1 saturated carbocycles. The minimum absolute atomic E-state index is 0.120. The van der Waals surface area contributed by atoms with Gasteiger partial charge in [0.15, 0.2) is 0 Å². The van der Waals surface area contributed by atoms with Crippen LogP contribution in [0.15, 0.2) is 22.8 Å². The van der Waals surface area contributed by atoms with Gasteiger partial charge >= 0.3 is 5.97 Å². The Kier molecular flexibility index (Phi) is 4.69. The third-order valence-corrected chi connectivity index (χ3v) is 7.69. The molecule has 138 valence electrons. The van der Waals surface area contributed by atoms with Gasteiger partial charge in [0, 0.05) is 18.8 Å². The first-order valence-electron chi connectivity index (χ1n) is 9.35. The minimum Gasteiger partial charge on any atom is -0.428 e. The number of carbonyl (C=O) groups excluding carboxylic acids is 2. The van der Waals surface area contributed by atoms with Crippen LogP contribution in [0.5, 0.6) is 0 Å². The summed E-state index contributed by atoms with van der Waals surface area (Å²) in [6.07, 6.45) is 7.11. The molecule has 5 atom stereocenters. The van der Waals surface area contributed by atoms with E-state index in [1.807, 2.05) is 0 Å². The van der Waals surface area contributed by atoms with E-state index in [2.05, 4.69) is 27.7 Å². The van der Waals surface area contributed by atoms with Gasteiger partial charge in [-0.25, -0.2) is 4.79 Å². The molecule has 0 saturated heterocycles. The van der Waals surface area contributed by atoms with Crippen molar-refractivity contribution in [3.8, 4) is 0 Å². The maximum Gasteiger partial charge on any atom is 0.333 e. The van der Waals surface area contributed by atoms with E-state index in [0.29, 0.717) is 11.8 Å². The number of esters is 1. The summed E-state index contributed by atoms with van der Waals surface area (Å²) < 4.78 is 10.5. The second kappa shape index (κ2) is 6.39. The Morgan fingerprint density at radius 1 is 1.40 bits per heavy atom. The first-order chi connectivity index (χ1) is 11.8. The Balaban J connectivity index is 1.83. The molecule has 2 aliphatic carbocycles. The standard InChI is InChI=1S/C21H30O4/c1-13-6-8-21(4)14(2)16(12-22)10-17(21)20(13,3)9-7-15-11-18(23)25-19(15)24-5/h11-13,17,19H,6-10H2,1-5H3/t13-,17-,19+,20+,21+/m1/s1. The van der Waals surface area contributed by atoms with E-state index >= 15 is 0 Å². The van der Waals surface area contributed by atoms with Crippen molar-refractivity contribution in [2.75, 3.05) is 7.11 Å². The lowest BCUT2D eigenvalue weighted by Crippen LogP contribution is -2.46. The van der Waals surface area contributed by atoms with Crippen molar-refractivity contribution < 1.29 is 19.1 Å². The normalized spacial score (nSPS) is 40.8. The number of methoxy groups -OCH3 is 1. The first kappa shape index (κ1) is 18.4. The summed E-state index contributed by atoms with van der Waals surface area (Å²) in [7, 11) is 1.57. The van der Waals surface area contributed by atoms with Gasteiger partial charge in [0.1, 0.15) is 6.29 Å². The van der Waals surface area contributed by atoms with Gasteiger partial charge in [-0.2, -0.15) is 0 Å². The van der Waals surface area contributed by atoms with Crippen LogP contribution in [0.25, 0.3) is 0 Å². The van der Waals surface area contributed by atoms with Crippen LogP contribution < -0.4 is 0 Å². The Bertz CT molecular complexity index is 646. The molecule has 3 rings (SSSR count). The van der Waals surface area contributed by atoms with Crippen molar-refractivity contribution in [1.82, 2.24) is 0 Å². The monoisotopic (exact) mass is 346 g/mol. The van der Waals surface area contributed by atoms with Crippen molar-refractivity contribution in [3.05, 3.63) is 22.8 Å². The highest BCUT2D eigenvalue weighted by Crippen LogP contribution is 2.64. The van der Waals surface area contributed by atoms with Gasteiger partial charge in [0.25, 0.3) is 0 Å². The lowest BCUT2D eigenvalue weighted by Gasteiger charge is -2.54. The molecule has 4 nitrogen and oxygen atoms in total. The third-order valence-electron chi connectivity index (χ3n) is 7.69. The molecule has 0 aromatic heterocycles. The molecule has 4 heteroatoms. The molecule has 1 aliphatic heterocycles. The highest BCUT2D eigenvalue weighted by molar-refractivity contribution is 5.85. The first-order valence-corrected chi connectivity index (χ1v) is 9.35. The third kappa shape index (κ3) is 2.79. The van der Waals surface area contributed by atoms with Crippen molar-refractivity contribution >= 4 is 12.3 Å². The summed E-state index contributed by atoms with van der Waals surface area (Å²) in [5.41, 5.74) is 3.48. The van der Waals surface area contributed by atoms with E-state index in [9.17, 15) is 9.59 Å². The van der Waals surface area contributed by atoms with Crippen LogP contribution in [0.4, 0.5) is 0 Å². The molecule has 0 aromatic rings. The van der Waals surface area contributed by atoms with Gasteiger partial charge in [-0.3, -0.25) is 4.79 Å². The number of hydrogen-bond donors (Lipinski definition) is 0. The maximum absolute atomic E-state index is 11.6. The second-order valence-corrected chi connectivity index (χ2v) is 8.61. The molecule has 1 fully saturated rings. The molecule has 0 amide bonds. The molecule has 0 unspecified atom stereocenters. The second-order valence-electron chi connectivity index (χ2n) is 8.61. The number of aldehydes is 1. The van der Waals surface area contributed by atoms with Gasteiger partial charge in [-0.15, -0.1) is 0 Å². The van der Waals surface area contributed by atoms with E-state index in [4.69, 9.17) is 9.47 Å². The highest BCUT2D eigenvalue weighted by atomic mass is 16.7. The van der Waals surface area contributed by atoms with Crippen LogP contribution in [-0.4, -0.2) is 25.7 Å². The average Bonchev–Trinajstić information content (AvgIpc) is 3.08. The fourth-order valence-electron chi connectivity index (χ4n) is 5.53. The molecule has 0 N–H and O–H groups in total. The quantitative estimate of drug-likeness (QED) is 0.553. The van der Waals surface area contributed by atoms with Crippen LogP contribution in [-0.2, 0) is 19.1 Å². The number of rotatable bonds is 5. The highest BCUT2D eigenvalue weighted by Gasteiger charge is 2.55. The molecule has 3 aliphatic rings. The fourth-order valence-corrected chi connectivity index (χ4v) is 5.53. The van der Waals surface area contributed by atoms with Crippen LogP contribution in [0, 0.1) is 22.7 Å². The number of cyclic esters (lactones) is 1. The lowest BCUT2D eigenvalue weighted by atomic mass is 9.50. The van der Waals surface area contributed by atoms with Gasteiger partial charge in [0.05, 0.1) is 0 Å². The van der Waals surface area contributed by atoms with Crippen LogP contribution in [0.3, 0.4) is 0 Å². The lowest BCUT2D eigenvalue weighted by molar-refractivity contribution is -0.155. The topological polar surface area (TPSA) is 52.6 Å². The van der Waals surface area contributed by atoms with Gasteiger partial charge in [-0.1, -0.05) is 26.3 Å². The van der Waals surface area contributed by atoms with Gasteiger partial charge in [-0.05, 0) is 67.3 Å². The summed E-state index contributed by atoms with van der Waals surface area (Å²) >= 11 is 0. The van der Waals surface area contributed by atoms with Gasteiger partial charge in [0.2, 0.25) is 6.29 Å². The molecule has 0 radical (unpaired) electrons. The zero-order valence-corrected chi connectivity index (χ0v) is 16.1. The molecular formula is C21H30O4. The van der Waals surface area contributed by atoms with E-state index in [-0.39, 0.29) is 16.8 Å². The Morgan fingerprint density at radius 2 is 2.12 bits per heavy atom.